The predicted molar refractivity (Wildman–Crippen MR) is 88.9 cm³/mol. The van der Waals surface area contributed by atoms with Gasteiger partial charge in [0.25, 0.3) is 0 Å². The van der Waals surface area contributed by atoms with Gasteiger partial charge in [-0.1, -0.05) is 0 Å². The van der Waals surface area contributed by atoms with Crippen LogP contribution >= 0.6 is 33.9 Å². The fourth-order valence-corrected chi connectivity index (χ4v) is 5.20. The first-order valence-corrected chi connectivity index (χ1v) is 9.12. The van der Waals surface area contributed by atoms with E-state index in [9.17, 15) is 0 Å². The van der Waals surface area contributed by atoms with Gasteiger partial charge in [-0.05, 0) is 78.2 Å². The molecule has 1 unspecified atom stereocenters. The first kappa shape index (κ1) is 14.3. The Kier molecular flexibility index (Phi) is 4.51. The van der Waals surface area contributed by atoms with Crippen molar-refractivity contribution in [2.24, 2.45) is 5.41 Å². The molecule has 2 nitrogen and oxygen atoms in total. The quantitative estimate of drug-likeness (QED) is 0.737. The Bertz CT molecular complexity index is 441. The number of rotatable bonds is 6. The van der Waals surface area contributed by atoms with Gasteiger partial charge >= 0.3 is 0 Å². The smallest absolute Gasteiger partial charge is 0.0659 e. The van der Waals surface area contributed by atoms with Crippen LogP contribution in [0.4, 0.5) is 0 Å². The molecular weight excluding hydrogens is 369 g/mol. The number of ether oxygens (including phenoxy) is 1. The molecule has 19 heavy (non-hydrogen) atoms. The number of hydrogen-bond acceptors (Lipinski definition) is 3. The minimum Gasteiger partial charge on any atom is -0.385 e. The molecule has 1 aromatic heterocycles. The van der Waals surface area contributed by atoms with Crippen molar-refractivity contribution >= 4 is 33.9 Å². The summed E-state index contributed by atoms with van der Waals surface area (Å²) in [7, 11) is 1.81. The SMILES string of the molecule is COCCC1(CNC2CCCc3sc(I)cc32)CC1. The molecule has 2 aliphatic rings. The van der Waals surface area contributed by atoms with Crippen LogP contribution in [0, 0.1) is 8.30 Å². The van der Waals surface area contributed by atoms with Gasteiger partial charge in [-0.3, -0.25) is 0 Å². The third-order valence-electron chi connectivity index (χ3n) is 4.60. The molecule has 1 N–H and O–H groups in total. The molecule has 0 radical (unpaired) electrons. The van der Waals surface area contributed by atoms with Crippen molar-refractivity contribution in [2.45, 2.75) is 44.6 Å². The first-order valence-electron chi connectivity index (χ1n) is 7.23. The zero-order valence-corrected chi connectivity index (χ0v) is 14.5. The second kappa shape index (κ2) is 6.00. The maximum atomic E-state index is 5.24. The normalized spacial score (nSPS) is 24.2. The number of thiophene rings is 1. The van der Waals surface area contributed by atoms with Crippen molar-refractivity contribution < 1.29 is 4.74 Å². The van der Waals surface area contributed by atoms with E-state index >= 15 is 0 Å². The largest absolute Gasteiger partial charge is 0.385 e. The lowest BCUT2D eigenvalue weighted by molar-refractivity contribution is 0.170. The molecule has 0 amide bonds. The molecule has 1 atom stereocenters. The van der Waals surface area contributed by atoms with Crippen molar-refractivity contribution in [3.8, 4) is 0 Å². The van der Waals surface area contributed by atoms with Gasteiger partial charge in [0, 0.05) is 31.2 Å². The lowest BCUT2D eigenvalue weighted by Gasteiger charge is -2.26. The molecule has 1 heterocycles. The van der Waals surface area contributed by atoms with Crippen LogP contribution in [0.5, 0.6) is 0 Å². The van der Waals surface area contributed by atoms with Crippen LogP contribution < -0.4 is 5.32 Å². The summed E-state index contributed by atoms with van der Waals surface area (Å²) in [6.07, 6.45) is 7.91. The highest BCUT2D eigenvalue weighted by molar-refractivity contribution is 14.1. The van der Waals surface area contributed by atoms with Crippen LogP contribution in [0.3, 0.4) is 0 Å². The third kappa shape index (κ3) is 3.34. The molecule has 2 aliphatic carbocycles. The average molecular weight is 391 g/mol. The standard InChI is InChI=1S/C15H22INOS/c1-18-8-7-15(5-6-15)10-17-12-3-2-4-13-11(12)9-14(16)19-13/h9,12,17H,2-8,10H2,1H3. The van der Waals surface area contributed by atoms with Crippen LogP contribution in [0.25, 0.3) is 0 Å². The molecule has 4 heteroatoms. The summed E-state index contributed by atoms with van der Waals surface area (Å²) in [4.78, 5) is 1.62. The highest BCUT2D eigenvalue weighted by atomic mass is 127. The van der Waals surface area contributed by atoms with Crippen molar-refractivity contribution in [3.05, 3.63) is 19.4 Å². The molecule has 0 saturated heterocycles. The lowest BCUT2D eigenvalue weighted by Crippen LogP contribution is -2.30. The Morgan fingerprint density at radius 1 is 1.53 bits per heavy atom. The Labute approximate surface area is 133 Å². The average Bonchev–Trinajstić information content (AvgIpc) is 3.07. The van der Waals surface area contributed by atoms with Crippen molar-refractivity contribution in [2.75, 3.05) is 20.3 Å². The summed E-state index contributed by atoms with van der Waals surface area (Å²) < 4.78 is 6.68. The van der Waals surface area contributed by atoms with Gasteiger partial charge in [0.1, 0.15) is 0 Å². The summed E-state index contributed by atoms with van der Waals surface area (Å²) in [5.41, 5.74) is 2.14. The Balaban J connectivity index is 1.59. The molecule has 106 valence electrons. The van der Waals surface area contributed by atoms with E-state index in [0.717, 1.165) is 6.61 Å². The molecule has 1 aromatic rings. The maximum Gasteiger partial charge on any atom is 0.0659 e. The molecule has 1 saturated carbocycles. The maximum absolute atomic E-state index is 5.24. The van der Waals surface area contributed by atoms with Gasteiger partial charge in [0.15, 0.2) is 0 Å². The summed E-state index contributed by atoms with van der Waals surface area (Å²) in [6.45, 7) is 2.08. The summed E-state index contributed by atoms with van der Waals surface area (Å²) >= 11 is 4.44. The number of halogens is 1. The summed E-state index contributed by atoms with van der Waals surface area (Å²) in [5, 5.41) is 3.85. The molecule has 1 fully saturated rings. The van der Waals surface area contributed by atoms with Gasteiger partial charge in [-0.25, -0.2) is 0 Å². The van der Waals surface area contributed by atoms with E-state index in [1.807, 2.05) is 18.4 Å². The Morgan fingerprint density at radius 2 is 2.37 bits per heavy atom. The van der Waals surface area contributed by atoms with Crippen LogP contribution in [0.15, 0.2) is 6.07 Å². The fraction of sp³-hybridized carbons (Fsp3) is 0.733. The van der Waals surface area contributed by atoms with E-state index in [-0.39, 0.29) is 0 Å². The second-order valence-electron chi connectivity index (χ2n) is 6.00. The van der Waals surface area contributed by atoms with Crippen molar-refractivity contribution in [1.29, 1.82) is 0 Å². The minimum atomic E-state index is 0.552. The second-order valence-corrected chi connectivity index (χ2v) is 9.03. The predicted octanol–water partition coefficient (Wildman–Crippen LogP) is 4.14. The lowest BCUT2D eigenvalue weighted by atomic mass is 9.93. The highest BCUT2D eigenvalue weighted by Gasteiger charge is 2.42. The summed E-state index contributed by atoms with van der Waals surface area (Å²) in [5.74, 6) is 0. The van der Waals surface area contributed by atoms with Crippen LogP contribution in [0.2, 0.25) is 0 Å². The number of aryl methyl sites for hydroxylation is 1. The topological polar surface area (TPSA) is 21.3 Å². The molecule has 0 aliphatic heterocycles. The monoisotopic (exact) mass is 391 g/mol. The Hall–Kier alpha value is 0.350. The van der Waals surface area contributed by atoms with Gasteiger partial charge in [-0.15, -0.1) is 11.3 Å². The number of hydrogen-bond donors (Lipinski definition) is 1. The van der Waals surface area contributed by atoms with Crippen molar-refractivity contribution in [3.63, 3.8) is 0 Å². The highest BCUT2D eigenvalue weighted by Crippen LogP contribution is 2.49. The van der Waals surface area contributed by atoms with E-state index in [1.165, 1.54) is 48.0 Å². The van der Waals surface area contributed by atoms with Gasteiger partial charge in [0.05, 0.1) is 2.88 Å². The summed E-state index contributed by atoms with van der Waals surface area (Å²) in [6, 6.07) is 3.00. The number of nitrogens with one attached hydrogen (secondary N) is 1. The number of fused-ring (bicyclic) bond motifs is 1. The van der Waals surface area contributed by atoms with Gasteiger partial charge < -0.3 is 10.1 Å². The minimum absolute atomic E-state index is 0.552. The van der Waals surface area contributed by atoms with E-state index in [1.54, 1.807) is 10.4 Å². The molecule has 0 spiro atoms. The molecule has 0 bridgehead atoms. The molecular formula is C15H22INOS. The zero-order chi connectivity index (χ0) is 13.3. The van der Waals surface area contributed by atoms with Crippen LogP contribution in [0.1, 0.15) is 48.6 Å². The third-order valence-corrected chi connectivity index (χ3v) is 6.57. The van der Waals surface area contributed by atoms with Crippen LogP contribution in [-0.4, -0.2) is 20.3 Å². The number of methoxy groups -OCH3 is 1. The van der Waals surface area contributed by atoms with Gasteiger partial charge in [0.2, 0.25) is 0 Å². The fourth-order valence-electron chi connectivity index (χ4n) is 3.08. The van der Waals surface area contributed by atoms with E-state index in [4.69, 9.17) is 4.74 Å². The molecule has 0 aromatic carbocycles. The Morgan fingerprint density at radius 3 is 3.11 bits per heavy atom. The molecule has 3 rings (SSSR count). The van der Waals surface area contributed by atoms with Crippen molar-refractivity contribution in [1.82, 2.24) is 5.32 Å². The van der Waals surface area contributed by atoms with E-state index < -0.39 is 0 Å². The zero-order valence-electron chi connectivity index (χ0n) is 11.5. The van der Waals surface area contributed by atoms with E-state index in [2.05, 4.69) is 34.0 Å². The first-order chi connectivity index (χ1) is 9.22. The van der Waals surface area contributed by atoms with E-state index in [0.29, 0.717) is 11.5 Å². The van der Waals surface area contributed by atoms with Gasteiger partial charge in [-0.2, -0.15) is 0 Å². The van der Waals surface area contributed by atoms with Crippen LogP contribution in [-0.2, 0) is 11.2 Å².